The van der Waals surface area contributed by atoms with Crippen LogP contribution in [0.25, 0.3) is 0 Å². The van der Waals surface area contributed by atoms with Gasteiger partial charge in [-0.2, -0.15) is 0 Å². The van der Waals surface area contributed by atoms with Crippen LogP contribution in [0.3, 0.4) is 0 Å². The number of carboxylic acids is 1. The maximum atomic E-state index is 11.5. The van der Waals surface area contributed by atoms with Gasteiger partial charge in [-0.1, -0.05) is 0 Å². The molecule has 6 nitrogen and oxygen atoms in total. The Morgan fingerprint density at radius 3 is 2.11 bits per heavy atom. The van der Waals surface area contributed by atoms with Crippen molar-refractivity contribution >= 4 is 12.1 Å². The van der Waals surface area contributed by atoms with Gasteiger partial charge in [-0.25, -0.2) is 9.59 Å². The lowest BCUT2D eigenvalue weighted by Gasteiger charge is -2.26. The molecule has 112 valence electrons. The van der Waals surface area contributed by atoms with E-state index in [1.54, 1.807) is 27.9 Å². The maximum Gasteiger partial charge on any atom is 0.408 e. The molecule has 0 aromatic rings. The van der Waals surface area contributed by atoms with E-state index in [0.29, 0.717) is 6.42 Å². The van der Waals surface area contributed by atoms with Crippen molar-refractivity contribution in [1.82, 2.24) is 5.32 Å². The van der Waals surface area contributed by atoms with E-state index >= 15 is 0 Å². The van der Waals surface area contributed by atoms with Crippen molar-refractivity contribution in [3.8, 4) is 0 Å². The standard InChI is InChI=1S/C13H25NO5/c1-12(2,3)19-11(17)14-9(10(15)16)7-8-13(4,5)18-6/h9H,7-8H2,1-6H3,(H,14,17)(H,15,16)/t9-/m0/s1. The summed E-state index contributed by atoms with van der Waals surface area (Å²) in [5.41, 5.74) is -1.08. The molecule has 0 radical (unpaired) electrons. The number of hydrogen-bond donors (Lipinski definition) is 2. The lowest BCUT2D eigenvalue weighted by Crippen LogP contribution is -2.44. The predicted octanol–water partition coefficient (Wildman–Crippen LogP) is 2.17. The number of carboxylic acid groups (broad SMARTS) is 1. The molecular formula is C13H25NO5. The summed E-state index contributed by atoms with van der Waals surface area (Å²) in [4.78, 5) is 22.6. The minimum absolute atomic E-state index is 0.273. The van der Waals surface area contributed by atoms with E-state index in [1.807, 2.05) is 13.8 Å². The molecule has 0 aromatic carbocycles. The zero-order valence-corrected chi connectivity index (χ0v) is 12.6. The smallest absolute Gasteiger partial charge is 0.408 e. The minimum atomic E-state index is -1.09. The molecule has 0 bridgehead atoms. The van der Waals surface area contributed by atoms with Gasteiger partial charge in [0.15, 0.2) is 0 Å². The minimum Gasteiger partial charge on any atom is -0.480 e. The van der Waals surface area contributed by atoms with Crippen LogP contribution in [-0.2, 0) is 14.3 Å². The fourth-order valence-electron chi connectivity index (χ4n) is 1.30. The molecule has 0 fully saturated rings. The number of nitrogens with one attached hydrogen (secondary N) is 1. The van der Waals surface area contributed by atoms with Gasteiger partial charge in [-0.15, -0.1) is 0 Å². The molecule has 0 saturated heterocycles. The van der Waals surface area contributed by atoms with Crippen LogP contribution in [0.5, 0.6) is 0 Å². The Morgan fingerprint density at radius 2 is 1.74 bits per heavy atom. The normalized spacial score (nSPS) is 13.8. The van der Waals surface area contributed by atoms with Crippen molar-refractivity contribution in [2.75, 3.05) is 7.11 Å². The van der Waals surface area contributed by atoms with Gasteiger partial charge in [-0.05, 0) is 47.5 Å². The van der Waals surface area contributed by atoms with Gasteiger partial charge >= 0.3 is 12.1 Å². The first-order chi connectivity index (χ1) is 8.47. The summed E-state index contributed by atoms with van der Waals surface area (Å²) in [6.45, 7) is 8.88. The molecule has 6 heteroatoms. The van der Waals surface area contributed by atoms with E-state index in [2.05, 4.69) is 5.32 Å². The third-order valence-electron chi connectivity index (χ3n) is 2.58. The third kappa shape index (κ3) is 8.42. The van der Waals surface area contributed by atoms with E-state index in [0.717, 1.165) is 0 Å². The average molecular weight is 275 g/mol. The van der Waals surface area contributed by atoms with Crippen LogP contribution in [0.15, 0.2) is 0 Å². The molecule has 0 aromatic heterocycles. The first-order valence-corrected chi connectivity index (χ1v) is 6.24. The fourth-order valence-corrected chi connectivity index (χ4v) is 1.30. The third-order valence-corrected chi connectivity index (χ3v) is 2.58. The topological polar surface area (TPSA) is 84.9 Å². The quantitative estimate of drug-likeness (QED) is 0.776. The zero-order valence-electron chi connectivity index (χ0n) is 12.6. The largest absolute Gasteiger partial charge is 0.480 e. The number of alkyl carbamates (subject to hydrolysis) is 1. The molecule has 0 heterocycles. The molecule has 0 saturated carbocycles. The van der Waals surface area contributed by atoms with E-state index < -0.39 is 29.3 Å². The van der Waals surface area contributed by atoms with E-state index in [-0.39, 0.29) is 6.42 Å². The molecule has 0 aliphatic heterocycles. The Kier molecular flexibility index (Phi) is 6.29. The van der Waals surface area contributed by atoms with Crippen LogP contribution in [0.1, 0.15) is 47.5 Å². The fraction of sp³-hybridized carbons (Fsp3) is 0.846. The van der Waals surface area contributed by atoms with Gasteiger partial charge in [-0.3, -0.25) is 0 Å². The molecule has 0 unspecified atom stereocenters. The average Bonchev–Trinajstić information content (AvgIpc) is 2.21. The second-order valence-corrected chi connectivity index (χ2v) is 6.04. The highest BCUT2D eigenvalue weighted by Gasteiger charge is 2.26. The van der Waals surface area contributed by atoms with Crippen LogP contribution in [-0.4, -0.2) is 41.5 Å². The maximum absolute atomic E-state index is 11.5. The number of rotatable bonds is 6. The van der Waals surface area contributed by atoms with Gasteiger partial charge in [0.1, 0.15) is 11.6 Å². The Labute approximate surface area is 114 Å². The van der Waals surface area contributed by atoms with Crippen LogP contribution in [0.4, 0.5) is 4.79 Å². The lowest BCUT2D eigenvalue weighted by molar-refractivity contribution is -0.140. The Balaban J connectivity index is 4.43. The van der Waals surface area contributed by atoms with Crippen LogP contribution in [0, 0.1) is 0 Å². The van der Waals surface area contributed by atoms with Gasteiger partial charge < -0.3 is 19.9 Å². The molecule has 0 spiro atoms. The molecule has 0 aliphatic rings. The Hall–Kier alpha value is -1.30. The summed E-state index contributed by atoms with van der Waals surface area (Å²) in [5, 5.41) is 11.4. The SMILES string of the molecule is COC(C)(C)CC[C@H](NC(=O)OC(C)(C)C)C(=O)O. The van der Waals surface area contributed by atoms with Crippen molar-refractivity contribution in [3.05, 3.63) is 0 Å². The summed E-state index contributed by atoms with van der Waals surface area (Å²) < 4.78 is 10.2. The predicted molar refractivity (Wildman–Crippen MR) is 71.1 cm³/mol. The summed E-state index contributed by atoms with van der Waals surface area (Å²) >= 11 is 0. The summed E-state index contributed by atoms with van der Waals surface area (Å²) in [6.07, 6.45) is 0.0567. The van der Waals surface area contributed by atoms with Crippen molar-refractivity contribution in [2.45, 2.75) is 64.7 Å². The van der Waals surface area contributed by atoms with Crippen LogP contribution in [0.2, 0.25) is 0 Å². The van der Waals surface area contributed by atoms with Crippen molar-refractivity contribution in [3.63, 3.8) is 0 Å². The number of aliphatic carboxylic acids is 1. The summed E-state index contributed by atoms with van der Waals surface area (Å²) in [6, 6.07) is -0.982. The second-order valence-electron chi connectivity index (χ2n) is 6.04. The van der Waals surface area contributed by atoms with Crippen LogP contribution < -0.4 is 5.32 Å². The second kappa shape index (κ2) is 6.75. The Bertz CT molecular complexity index is 319. The van der Waals surface area contributed by atoms with Gasteiger partial charge in [0.2, 0.25) is 0 Å². The first kappa shape index (κ1) is 17.7. The molecule has 1 atom stereocenters. The number of carbonyl (C=O) groups excluding carboxylic acids is 1. The number of amides is 1. The lowest BCUT2D eigenvalue weighted by atomic mass is 9.99. The first-order valence-electron chi connectivity index (χ1n) is 6.24. The highest BCUT2D eigenvalue weighted by atomic mass is 16.6. The van der Waals surface area contributed by atoms with Gasteiger partial charge in [0, 0.05) is 7.11 Å². The Morgan fingerprint density at radius 1 is 1.21 bits per heavy atom. The van der Waals surface area contributed by atoms with Crippen molar-refractivity contribution < 1.29 is 24.2 Å². The molecule has 1 amide bonds. The highest BCUT2D eigenvalue weighted by Crippen LogP contribution is 2.17. The summed E-state index contributed by atoms with van der Waals surface area (Å²) in [5.74, 6) is -1.09. The van der Waals surface area contributed by atoms with Crippen molar-refractivity contribution in [2.24, 2.45) is 0 Å². The number of carbonyl (C=O) groups is 2. The monoisotopic (exact) mass is 275 g/mol. The summed E-state index contributed by atoms with van der Waals surface area (Å²) in [7, 11) is 1.57. The van der Waals surface area contributed by atoms with Crippen LogP contribution >= 0.6 is 0 Å². The molecule has 19 heavy (non-hydrogen) atoms. The molecule has 0 aliphatic carbocycles. The van der Waals surface area contributed by atoms with Gasteiger partial charge in [0.05, 0.1) is 5.60 Å². The molecule has 2 N–H and O–H groups in total. The van der Waals surface area contributed by atoms with E-state index in [4.69, 9.17) is 14.6 Å². The highest BCUT2D eigenvalue weighted by molar-refractivity contribution is 5.79. The van der Waals surface area contributed by atoms with E-state index in [9.17, 15) is 9.59 Å². The number of ether oxygens (including phenoxy) is 2. The van der Waals surface area contributed by atoms with Gasteiger partial charge in [0.25, 0.3) is 0 Å². The zero-order chi connectivity index (χ0) is 15.3. The number of hydrogen-bond acceptors (Lipinski definition) is 4. The molecule has 0 rings (SSSR count). The van der Waals surface area contributed by atoms with E-state index in [1.165, 1.54) is 0 Å². The molecular weight excluding hydrogens is 250 g/mol. The van der Waals surface area contributed by atoms with Crippen molar-refractivity contribution in [1.29, 1.82) is 0 Å². The number of methoxy groups -OCH3 is 1.